The number of halogens is 2. The maximum absolute atomic E-state index is 10.4. The van der Waals surface area contributed by atoms with Crippen LogP contribution in [0, 0.1) is 0 Å². The number of hydrogen-bond donors (Lipinski definition) is 0. The highest BCUT2D eigenvalue weighted by Crippen LogP contribution is 2.21. The lowest BCUT2D eigenvalue weighted by atomic mass is 10.4. The van der Waals surface area contributed by atoms with E-state index in [1.54, 1.807) is 0 Å². The molecule has 1 aromatic rings. The van der Waals surface area contributed by atoms with E-state index in [-0.39, 0.29) is 5.24 Å². The van der Waals surface area contributed by atoms with Crippen LogP contribution in [0.2, 0.25) is 0 Å². The van der Waals surface area contributed by atoms with Gasteiger partial charge in [-0.2, -0.15) is 0 Å². The molecule has 0 aliphatic carbocycles. The average Bonchev–Trinajstić information content (AvgIpc) is 2.01. The van der Waals surface area contributed by atoms with E-state index in [1.165, 1.54) is 11.8 Å². The van der Waals surface area contributed by atoms with Crippen LogP contribution >= 0.6 is 39.3 Å². The van der Waals surface area contributed by atoms with Crippen molar-refractivity contribution in [1.29, 1.82) is 0 Å². The van der Waals surface area contributed by atoms with Crippen LogP contribution in [-0.4, -0.2) is 11.0 Å². The molecule has 4 heteroatoms. The molecule has 0 atom stereocenters. The fourth-order valence-corrected chi connectivity index (χ4v) is 2.08. The van der Waals surface area contributed by atoms with Crippen molar-refractivity contribution in [2.24, 2.45) is 0 Å². The first-order valence-electron chi connectivity index (χ1n) is 3.25. The van der Waals surface area contributed by atoms with Gasteiger partial charge in [-0.15, -0.1) is 11.8 Å². The molecule has 0 heterocycles. The summed E-state index contributed by atoms with van der Waals surface area (Å²) in [6.45, 7) is 0. The topological polar surface area (TPSA) is 17.1 Å². The fraction of sp³-hybridized carbons (Fsp3) is 0.125. The normalized spacial score (nSPS) is 9.83. The summed E-state index contributed by atoms with van der Waals surface area (Å²) in [7, 11) is 0. The van der Waals surface area contributed by atoms with E-state index in [1.807, 2.05) is 24.3 Å². The van der Waals surface area contributed by atoms with Gasteiger partial charge in [0.1, 0.15) is 0 Å². The third kappa shape index (κ3) is 3.61. The van der Waals surface area contributed by atoms with Gasteiger partial charge in [-0.1, -0.05) is 22.0 Å². The first kappa shape index (κ1) is 10.1. The minimum atomic E-state index is -0.319. The van der Waals surface area contributed by atoms with Crippen LogP contribution in [0.25, 0.3) is 0 Å². The zero-order valence-corrected chi connectivity index (χ0v) is 9.25. The second-order valence-electron chi connectivity index (χ2n) is 2.10. The molecule has 0 amide bonds. The summed E-state index contributed by atoms with van der Waals surface area (Å²) in [5.41, 5.74) is 0. The standard InChI is InChI=1S/C8H6BrClOS/c9-6-2-1-3-7(4-6)12-5-8(10)11/h1-4H,5H2. The first-order chi connectivity index (χ1) is 5.68. The molecule has 0 N–H and O–H groups in total. The minimum absolute atomic E-state index is 0.317. The van der Waals surface area contributed by atoms with E-state index in [2.05, 4.69) is 15.9 Å². The summed E-state index contributed by atoms with van der Waals surface area (Å²) in [4.78, 5) is 11.5. The third-order valence-corrected chi connectivity index (χ3v) is 2.93. The Labute approximate surface area is 88.6 Å². The molecule has 0 spiro atoms. The van der Waals surface area contributed by atoms with Crippen LogP contribution in [0.4, 0.5) is 0 Å². The Morgan fingerprint density at radius 1 is 1.58 bits per heavy atom. The largest absolute Gasteiger partial charge is 0.280 e. The van der Waals surface area contributed by atoms with Crippen molar-refractivity contribution in [1.82, 2.24) is 0 Å². The van der Waals surface area contributed by atoms with Crippen molar-refractivity contribution in [2.45, 2.75) is 4.90 Å². The van der Waals surface area contributed by atoms with E-state index < -0.39 is 0 Å². The van der Waals surface area contributed by atoms with Crippen molar-refractivity contribution >= 4 is 44.5 Å². The quantitative estimate of drug-likeness (QED) is 0.616. The minimum Gasteiger partial charge on any atom is -0.280 e. The lowest BCUT2D eigenvalue weighted by Crippen LogP contribution is -1.88. The van der Waals surface area contributed by atoms with Crippen LogP contribution in [0.1, 0.15) is 0 Å². The number of carbonyl (C=O) groups excluding carboxylic acids is 1. The molecule has 0 radical (unpaired) electrons. The molecule has 0 aliphatic rings. The Hall–Kier alpha value is 0.01000. The fourth-order valence-electron chi connectivity index (χ4n) is 0.697. The van der Waals surface area contributed by atoms with E-state index in [9.17, 15) is 4.79 Å². The molecule has 1 aromatic carbocycles. The molecule has 1 rings (SSSR count). The molecule has 0 aliphatic heterocycles. The van der Waals surface area contributed by atoms with Gasteiger partial charge in [0, 0.05) is 9.37 Å². The van der Waals surface area contributed by atoms with Crippen molar-refractivity contribution in [2.75, 3.05) is 5.75 Å². The molecule has 0 unspecified atom stereocenters. The van der Waals surface area contributed by atoms with Gasteiger partial charge in [0.15, 0.2) is 0 Å². The summed E-state index contributed by atoms with van der Waals surface area (Å²) >= 11 is 9.97. The van der Waals surface area contributed by atoms with Crippen LogP contribution in [0.3, 0.4) is 0 Å². The molecule has 0 bridgehead atoms. The van der Waals surface area contributed by atoms with Gasteiger partial charge in [0.2, 0.25) is 5.24 Å². The lowest BCUT2D eigenvalue weighted by Gasteiger charge is -1.97. The van der Waals surface area contributed by atoms with Crippen molar-refractivity contribution in [3.05, 3.63) is 28.7 Å². The van der Waals surface area contributed by atoms with Crippen LogP contribution in [0.5, 0.6) is 0 Å². The van der Waals surface area contributed by atoms with E-state index >= 15 is 0 Å². The Kier molecular flexibility index (Phi) is 4.12. The summed E-state index contributed by atoms with van der Waals surface area (Å²) in [5.74, 6) is 0.317. The first-order valence-corrected chi connectivity index (χ1v) is 5.41. The summed E-state index contributed by atoms with van der Waals surface area (Å²) < 4.78 is 1.01. The second-order valence-corrected chi connectivity index (χ2v) is 4.49. The number of carbonyl (C=O) groups is 1. The Morgan fingerprint density at radius 3 is 2.92 bits per heavy atom. The molecule has 64 valence electrons. The van der Waals surface area contributed by atoms with Crippen LogP contribution in [0.15, 0.2) is 33.6 Å². The Morgan fingerprint density at radius 2 is 2.33 bits per heavy atom. The number of thioether (sulfide) groups is 1. The maximum Gasteiger partial charge on any atom is 0.231 e. The molecular formula is C8H6BrClOS. The molecule has 1 nitrogen and oxygen atoms in total. The van der Waals surface area contributed by atoms with Crippen molar-refractivity contribution in [3.8, 4) is 0 Å². The molecular weight excluding hydrogens is 260 g/mol. The monoisotopic (exact) mass is 264 g/mol. The van der Waals surface area contributed by atoms with Crippen LogP contribution < -0.4 is 0 Å². The molecule has 12 heavy (non-hydrogen) atoms. The molecule has 0 saturated carbocycles. The highest BCUT2D eigenvalue weighted by molar-refractivity contribution is 9.10. The predicted octanol–water partition coefficient (Wildman–Crippen LogP) is 3.31. The smallest absolute Gasteiger partial charge is 0.231 e. The highest BCUT2D eigenvalue weighted by atomic mass is 79.9. The predicted molar refractivity (Wildman–Crippen MR) is 55.7 cm³/mol. The molecule has 0 saturated heterocycles. The van der Waals surface area contributed by atoms with Gasteiger partial charge in [-0.3, -0.25) is 4.79 Å². The molecule has 0 aromatic heterocycles. The zero-order valence-electron chi connectivity index (χ0n) is 6.09. The summed E-state index contributed by atoms with van der Waals surface area (Å²) in [6.07, 6.45) is 0. The zero-order chi connectivity index (χ0) is 8.97. The Bertz CT molecular complexity index is 290. The van der Waals surface area contributed by atoms with Crippen molar-refractivity contribution < 1.29 is 4.79 Å². The Balaban J connectivity index is 2.57. The van der Waals surface area contributed by atoms with Crippen molar-refractivity contribution in [3.63, 3.8) is 0 Å². The van der Waals surface area contributed by atoms with E-state index in [4.69, 9.17) is 11.6 Å². The molecule has 0 fully saturated rings. The highest BCUT2D eigenvalue weighted by Gasteiger charge is 1.98. The van der Waals surface area contributed by atoms with E-state index in [0.29, 0.717) is 5.75 Å². The van der Waals surface area contributed by atoms with Gasteiger partial charge < -0.3 is 0 Å². The number of benzene rings is 1. The third-order valence-electron chi connectivity index (χ3n) is 1.15. The van der Waals surface area contributed by atoms with Gasteiger partial charge in [0.05, 0.1) is 5.75 Å². The van der Waals surface area contributed by atoms with Gasteiger partial charge in [-0.25, -0.2) is 0 Å². The maximum atomic E-state index is 10.4. The number of hydrogen-bond acceptors (Lipinski definition) is 2. The second kappa shape index (κ2) is 4.90. The van der Waals surface area contributed by atoms with Gasteiger partial charge in [0.25, 0.3) is 0 Å². The summed E-state index contributed by atoms with van der Waals surface area (Å²) in [5, 5.41) is -0.319. The number of rotatable bonds is 3. The van der Waals surface area contributed by atoms with Gasteiger partial charge >= 0.3 is 0 Å². The lowest BCUT2D eigenvalue weighted by molar-refractivity contribution is -0.109. The summed E-state index contributed by atoms with van der Waals surface area (Å²) in [6, 6.07) is 7.75. The van der Waals surface area contributed by atoms with Gasteiger partial charge in [-0.05, 0) is 29.8 Å². The average molecular weight is 266 g/mol. The SMILES string of the molecule is O=C(Cl)CSc1cccc(Br)c1. The van der Waals surface area contributed by atoms with E-state index in [0.717, 1.165) is 9.37 Å². The van der Waals surface area contributed by atoms with Crippen LogP contribution in [-0.2, 0) is 4.79 Å².